The molecule has 0 radical (unpaired) electrons. The fourth-order valence-corrected chi connectivity index (χ4v) is 4.36. The molecule has 20 heavy (non-hydrogen) atoms. The first-order chi connectivity index (χ1) is 9.69. The summed E-state index contributed by atoms with van der Waals surface area (Å²) in [7, 11) is 0. The van der Waals surface area contributed by atoms with E-state index in [2.05, 4.69) is 10.1 Å². The average molecular weight is 279 g/mol. The highest BCUT2D eigenvalue weighted by Crippen LogP contribution is 2.45. The Balaban J connectivity index is 1.78. The predicted molar refractivity (Wildman–Crippen MR) is 76.4 cm³/mol. The first-order valence-corrected chi connectivity index (χ1v) is 7.98. The number of hydrogen-bond donors (Lipinski definition) is 2. The monoisotopic (exact) mass is 279 g/mol. The molecule has 3 rings (SSSR count). The summed E-state index contributed by atoms with van der Waals surface area (Å²) < 4.78 is 0. The van der Waals surface area contributed by atoms with Gasteiger partial charge in [0.05, 0.1) is 0 Å². The molecule has 1 saturated heterocycles. The lowest BCUT2D eigenvalue weighted by atomic mass is 9.66. The molecule has 2 saturated carbocycles. The van der Waals surface area contributed by atoms with Crippen molar-refractivity contribution in [3.8, 4) is 0 Å². The van der Waals surface area contributed by atoms with Crippen LogP contribution in [0.15, 0.2) is 5.16 Å². The maximum atomic E-state index is 13.0. The first kappa shape index (κ1) is 13.7. The first-order valence-electron chi connectivity index (χ1n) is 7.98. The van der Waals surface area contributed by atoms with Gasteiger partial charge in [0, 0.05) is 12.6 Å². The van der Waals surface area contributed by atoms with Crippen molar-refractivity contribution in [3.63, 3.8) is 0 Å². The van der Waals surface area contributed by atoms with Gasteiger partial charge in [-0.2, -0.15) is 0 Å². The van der Waals surface area contributed by atoms with E-state index < -0.39 is 5.41 Å². The summed E-state index contributed by atoms with van der Waals surface area (Å²) in [6, 6.07) is 0.397. The van der Waals surface area contributed by atoms with Gasteiger partial charge in [0.15, 0.2) is 5.84 Å². The molecule has 3 aliphatic rings. The van der Waals surface area contributed by atoms with E-state index in [0.717, 1.165) is 38.6 Å². The van der Waals surface area contributed by atoms with E-state index in [0.29, 0.717) is 12.0 Å². The number of nitrogens with two attached hydrogens (primary N) is 1. The van der Waals surface area contributed by atoms with Crippen molar-refractivity contribution >= 4 is 11.7 Å². The number of rotatable bonds is 3. The normalized spacial score (nSPS) is 30.5. The van der Waals surface area contributed by atoms with Crippen LogP contribution in [0.1, 0.15) is 57.8 Å². The Morgan fingerprint density at radius 3 is 2.40 bits per heavy atom. The molecule has 0 aromatic heterocycles. The Labute approximate surface area is 120 Å². The number of nitrogens with zero attached hydrogens (tertiary/aromatic N) is 2. The Kier molecular flexibility index (Phi) is 3.61. The lowest BCUT2D eigenvalue weighted by molar-refractivity contribution is -0.144. The van der Waals surface area contributed by atoms with E-state index in [-0.39, 0.29) is 11.7 Å². The zero-order valence-corrected chi connectivity index (χ0v) is 12.1. The lowest BCUT2D eigenvalue weighted by Gasteiger charge is -2.43. The maximum Gasteiger partial charge on any atom is 0.236 e. The molecule has 0 aromatic rings. The molecule has 2 aliphatic carbocycles. The van der Waals surface area contributed by atoms with Crippen LogP contribution in [0, 0.1) is 11.3 Å². The summed E-state index contributed by atoms with van der Waals surface area (Å²) in [4.78, 5) is 15.0. The second-order valence-corrected chi connectivity index (χ2v) is 6.67. The minimum Gasteiger partial charge on any atom is -0.409 e. The highest BCUT2D eigenvalue weighted by atomic mass is 16.4. The third kappa shape index (κ3) is 1.98. The molecular weight excluding hydrogens is 254 g/mol. The van der Waals surface area contributed by atoms with E-state index in [4.69, 9.17) is 10.9 Å². The molecule has 1 amide bonds. The van der Waals surface area contributed by atoms with Crippen LogP contribution in [0.25, 0.3) is 0 Å². The smallest absolute Gasteiger partial charge is 0.236 e. The third-order valence-corrected chi connectivity index (χ3v) is 5.72. The van der Waals surface area contributed by atoms with E-state index >= 15 is 0 Å². The van der Waals surface area contributed by atoms with Crippen LogP contribution >= 0.6 is 0 Å². The van der Waals surface area contributed by atoms with Gasteiger partial charge in [-0.25, -0.2) is 0 Å². The second kappa shape index (κ2) is 5.26. The number of carbonyl (C=O) groups is 1. The molecule has 1 atom stereocenters. The SMILES string of the molecule is NC(=NO)C1(C(=O)N2CCCC2C2CCCC2)CCC1. The van der Waals surface area contributed by atoms with Crippen LogP contribution in [0.2, 0.25) is 0 Å². The van der Waals surface area contributed by atoms with Crippen molar-refractivity contribution in [3.05, 3.63) is 0 Å². The summed E-state index contributed by atoms with van der Waals surface area (Å²) in [5.41, 5.74) is 5.13. The number of amidine groups is 1. The fourth-order valence-electron chi connectivity index (χ4n) is 4.36. The molecule has 3 N–H and O–H groups in total. The van der Waals surface area contributed by atoms with E-state index in [9.17, 15) is 4.79 Å². The lowest BCUT2D eigenvalue weighted by Crippen LogP contribution is -2.56. The molecular formula is C15H25N3O2. The average Bonchev–Trinajstić information content (AvgIpc) is 3.07. The summed E-state index contributed by atoms with van der Waals surface area (Å²) in [6.45, 7) is 0.848. The third-order valence-electron chi connectivity index (χ3n) is 5.72. The highest BCUT2D eigenvalue weighted by molar-refractivity contribution is 6.07. The van der Waals surface area contributed by atoms with Crippen LogP contribution in [0.4, 0.5) is 0 Å². The molecule has 1 aliphatic heterocycles. The predicted octanol–water partition coefficient (Wildman–Crippen LogP) is 2.08. The quantitative estimate of drug-likeness (QED) is 0.359. The molecule has 5 heteroatoms. The summed E-state index contributed by atoms with van der Waals surface area (Å²) >= 11 is 0. The van der Waals surface area contributed by atoms with Gasteiger partial charge >= 0.3 is 0 Å². The fraction of sp³-hybridized carbons (Fsp3) is 0.867. The molecule has 0 bridgehead atoms. The second-order valence-electron chi connectivity index (χ2n) is 6.67. The molecule has 112 valence electrons. The van der Waals surface area contributed by atoms with E-state index in [1.807, 2.05) is 0 Å². The van der Waals surface area contributed by atoms with Gasteiger partial charge in [0.25, 0.3) is 0 Å². The van der Waals surface area contributed by atoms with Gasteiger partial charge in [0.1, 0.15) is 5.41 Å². The summed E-state index contributed by atoms with van der Waals surface area (Å²) in [5, 5.41) is 12.1. The van der Waals surface area contributed by atoms with Crippen molar-refractivity contribution in [1.29, 1.82) is 0 Å². The van der Waals surface area contributed by atoms with Crippen molar-refractivity contribution in [2.75, 3.05) is 6.54 Å². The zero-order valence-electron chi connectivity index (χ0n) is 12.1. The number of oxime groups is 1. The number of carbonyl (C=O) groups excluding carboxylic acids is 1. The van der Waals surface area contributed by atoms with Gasteiger partial charge in [0.2, 0.25) is 5.91 Å². The van der Waals surface area contributed by atoms with Crippen LogP contribution in [-0.4, -0.2) is 34.4 Å². The van der Waals surface area contributed by atoms with Crippen LogP contribution in [-0.2, 0) is 4.79 Å². The van der Waals surface area contributed by atoms with Crippen molar-refractivity contribution in [2.45, 2.75) is 63.8 Å². The Bertz CT molecular complexity index is 411. The standard InChI is InChI=1S/C15H25N3O2/c16-13(17-20)15(8-4-9-15)14(19)18-10-3-7-12(18)11-5-1-2-6-11/h11-12,20H,1-10H2,(H2,16,17). The number of hydrogen-bond acceptors (Lipinski definition) is 3. The molecule has 1 heterocycles. The minimum absolute atomic E-state index is 0.117. The minimum atomic E-state index is -0.698. The Hall–Kier alpha value is -1.26. The summed E-state index contributed by atoms with van der Waals surface area (Å²) in [6.07, 6.45) is 9.79. The van der Waals surface area contributed by atoms with Crippen LogP contribution in [0.3, 0.4) is 0 Å². The molecule has 3 fully saturated rings. The van der Waals surface area contributed by atoms with Crippen LogP contribution in [0.5, 0.6) is 0 Å². The molecule has 0 aromatic carbocycles. The largest absolute Gasteiger partial charge is 0.409 e. The van der Waals surface area contributed by atoms with Gasteiger partial charge in [-0.15, -0.1) is 0 Å². The molecule has 5 nitrogen and oxygen atoms in total. The van der Waals surface area contributed by atoms with Gasteiger partial charge in [-0.1, -0.05) is 24.4 Å². The van der Waals surface area contributed by atoms with Gasteiger partial charge in [-0.05, 0) is 44.4 Å². The number of likely N-dealkylation sites (tertiary alicyclic amines) is 1. The highest BCUT2D eigenvalue weighted by Gasteiger charge is 2.52. The number of amides is 1. The van der Waals surface area contributed by atoms with Gasteiger partial charge < -0.3 is 15.8 Å². The topological polar surface area (TPSA) is 78.9 Å². The van der Waals surface area contributed by atoms with E-state index in [1.165, 1.54) is 25.7 Å². The molecule has 1 unspecified atom stereocenters. The Morgan fingerprint density at radius 1 is 1.15 bits per heavy atom. The van der Waals surface area contributed by atoms with Crippen LogP contribution < -0.4 is 5.73 Å². The van der Waals surface area contributed by atoms with E-state index in [1.54, 1.807) is 0 Å². The maximum absolute atomic E-state index is 13.0. The van der Waals surface area contributed by atoms with Gasteiger partial charge in [-0.3, -0.25) is 4.79 Å². The molecule has 0 spiro atoms. The summed E-state index contributed by atoms with van der Waals surface area (Å²) in [5.74, 6) is 0.908. The van der Waals surface area contributed by atoms with Crippen molar-refractivity contribution < 1.29 is 10.0 Å². The van der Waals surface area contributed by atoms with Crippen molar-refractivity contribution in [1.82, 2.24) is 4.90 Å². The van der Waals surface area contributed by atoms with Crippen molar-refractivity contribution in [2.24, 2.45) is 22.2 Å². The zero-order chi connectivity index (χ0) is 14.2. The Morgan fingerprint density at radius 2 is 1.85 bits per heavy atom.